The summed E-state index contributed by atoms with van der Waals surface area (Å²) in [6.45, 7) is 0.613. The number of carbonyl (C=O) groups excluding carboxylic acids is 1. The highest BCUT2D eigenvalue weighted by molar-refractivity contribution is 5.92. The summed E-state index contributed by atoms with van der Waals surface area (Å²) in [5.74, 6) is 0. The van der Waals surface area contributed by atoms with Crippen molar-refractivity contribution >= 4 is 22.6 Å². The van der Waals surface area contributed by atoms with E-state index >= 15 is 0 Å². The molecule has 3 N–H and O–H groups in total. The van der Waals surface area contributed by atoms with Gasteiger partial charge >= 0.3 is 6.03 Å². The number of aromatic amines is 1. The Kier molecular flexibility index (Phi) is 3.87. The van der Waals surface area contributed by atoms with Gasteiger partial charge in [-0.2, -0.15) is 0 Å². The van der Waals surface area contributed by atoms with Gasteiger partial charge in [-0.25, -0.2) is 4.79 Å². The number of benzene rings is 2. The monoisotopic (exact) mass is 279 g/mol. The first-order chi connectivity index (χ1) is 10.3. The van der Waals surface area contributed by atoms with Crippen LogP contribution in [0.5, 0.6) is 0 Å². The van der Waals surface area contributed by atoms with Gasteiger partial charge in [0.2, 0.25) is 0 Å². The molecular formula is C17H17N3O. The highest BCUT2D eigenvalue weighted by Gasteiger charge is 2.02. The van der Waals surface area contributed by atoms with E-state index in [1.807, 2.05) is 48.7 Å². The second kappa shape index (κ2) is 6.13. The predicted molar refractivity (Wildman–Crippen MR) is 85.5 cm³/mol. The Bertz CT molecular complexity index is 734. The van der Waals surface area contributed by atoms with Crippen LogP contribution in [0.1, 0.15) is 5.56 Å². The Hall–Kier alpha value is -2.75. The summed E-state index contributed by atoms with van der Waals surface area (Å²) in [7, 11) is 0. The quantitative estimate of drug-likeness (QED) is 0.672. The smallest absolute Gasteiger partial charge is 0.319 e. The minimum absolute atomic E-state index is 0.180. The van der Waals surface area contributed by atoms with E-state index in [9.17, 15) is 4.79 Å². The second-order valence-corrected chi connectivity index (χ2v) is 4.90. The summed E-state index contributed by atoms with van der Waals surface area (Å²) in [6.07, 6.45) is 2.71. The molecule has 0 aliphatic heterocycles. The molecule has 21 heavy (non-hydrogen) atoms. The normalized spacial score (nSPS) is 10.5. The van der Waals surface area contributed by atoms with E-state index in [1.54, 1.807) is 0 Å². The summed E-state index contributed by atoms with van der Waals surface area (Å²) in [6, 6.07) is 17.7. The van der Waals surface area contributed by atoms with Crippen LogP contribution < -0.4 is 10.6 Å². The molecule has 1 aromatic heterocycles. The Balaban J connectivity index is 1.51. The van der Waals surface area contributed by atoms with Crippen molar-refractivity contribution in [2.75, 3.05) is 11.9 Å². The van der Waals surface area contributed by atoms with Crippen molar-refractivity contribution in [2.24, 2.45) is 0 Å². The molecule has 0 radical (unpaired) electrons. The second-order valence-electron chi connectivity index (χ2n) is 4.90. The van der Waals surface area contributed by atoms with Crippen molar-refractivity contribution in [2.45, 2.75) is 6.42 Å². The van der Waals surface area contributed by atoms with Crippen LogP contribution in [0.4, 0.5) is 10.5 Å². The van der Waals surface area contributed by atoms with Crippen molar-refractivity contribution < 1.29 is 4.79 Å². The summed E-state index contributed by atoms with van der Waals surface area (Å²) in [4.78, 5) is 15.0. The number of hydrogen-bond acceptors (Lipinski definition) is 1. The number of hydrogen-bond donors (Lipinski definition) is 3. The van der Waals surface area contributed by atoms with Gasteiger partial charge in [0.25, 0.3) is 0 Å². The van der Waals surface area contributed by atoms with Gasteiger partial charge in [0.1, 0.15) is 0 Å². The maximum Gasteiger partial charge on any atom is 0.319 e. The van der Waals surface area contributed by atoms with Gasteiger partial charge in [0, 0.05) is 29.3 Å². The molecule has 0 unspecified atom stereocenters. The molecule has 3 aromatic rings. The Labute approximate surface area is 123 Å². The molecule has 0 spiro atoms. The number of fused-ring (bicyclic) bond motifs is 1. The van der Waals surface area contributed by atoms with Gasteiger partial charge < -0.3 is 15.6 Å². The van der Waals surface area contributed by atoms with Crippen LogP contribution in [0.15, 0.2) is 60.8 Å². The Morgan fingerprint density at radius 2 is 1.90 bits per heavy atom. The molecule has 4 nitrogen and oxygen atoms in total. The number of rotatable bonds is 4. The minimum Gasteiger partial charge on any atom is -0.361 e. The van der Waals surface area contributed by atoms with Crippen LogP contribution in [0.3, 0.4) is 0 Å². The zero-order valence-corrected chi connectivity index (χ0v) is 11.6. The molecule has 1 heterocycles. The van der Waals surface area contributed by atoms with Gasteiger partial charge in [0.05, 0.1) is 0 Å². The van der Waals surface area contributed by atoms with Crippen LogP contribution in [-0.4, -0.2) is 17.6 Å². The van der Waals surface area contributed by atoms with E-state index in [1.165, 1.54) is 5.56 Å². The molecule has 2 amide bonds. The minimum atomic E-state index is -0.180. The van der Waals surface area contributed by atoms with Gasteiger partial charge in [-0.3, -0.25) is 0 Å². The van der Waals surface area contributed by atoms with Gasteiger partial charge in [-0.15, -0.1) is 0 Å². The summed E-state index contributed by atoms with van der Waals surface area (Å²) in [5.41, 5.74) is 3.07. The third-order valence-corrected chi connectivity index (χ3v) is 3.35. The highest BCUT2D eigenvalue weighted by atomic mass is 16.2. The summed E-state index contributed by atoms with van der Waals surface area (Å²) < 4.78 is 0. The molecule has 0 fully saturated rings. The fourth-order valence-electron chi connectivity index (χ4n) is 2.27. The molecular weight excluding hydrogens is 262 g/mol. The SMILES string of the molecule is O=C(NCCc1ccccc1)Nc1ccc2[nH]ccc2c1. The Morgan fingerprint density at radius 3 is 2.76 bits per heavy atom. The topological polar surface area (TPSA) is 56.9 Å². The first kappa shape index (κ1) is 13.2. The maximum atomic E-state index is 11.8. The summed E-state index contributed by atoms with van der Waals surface area (Å²) in [5, 5.41) is 6.79. The van der Waals surface area contributed by atoms with E-state index in [4.69, 9.17) is 0 Å². The number of urea groups is 1. The average molecular weight is 279 g/mol. The zero-order chi connectivity index (χ0) is 14.5. The molecule has 0 aliphatic carbocycles. The lowest BCUT2D eigenvalue weighted by molar-refractivity contribution is 0.252. The maximum absolute atomic E-state index is 11.8. The number of amides is 2. The highest BCUT2D eigenvalue weighted by Crippen LogP contribution is 2.17. The molecule has 106 valence electrons. The van der Waals surface area contributed by atoms with Crippen LogP contribution in [0.2, 0.25) is 0 Å². The van der Waals surface area contributed by atoms with E-state index in [0.717, 1.165) is 23.0 Å². The van der Waals surface area contributed by atoms with Crippen LogP contribution in [0, 0.1) is 0 Å². The van der Waals surface area contributed by atoms with E-state index in [0.29, 0.717) is 6.54 Å². The fourth-order valence-corrected chi connectivity index (χ4v) is 2.27. The number of anilines is 1. The van der Waals surface area contributed by atoms with Gasteiger partial charge in [-0.05, 0) is 36.2 Å². The van der Waals surface area contributed by atoms with E-state index in [-0.39, 0.29) is 6.03 Å². The lowest BCUT2D eigenvalue weighted by atomic mass is 10.1. The van der Waals surface area contributed by atoms with E-state index < -0.39 is 0 Å². The van der Waals surface area contributed by atoms with E-state index in [2.05, 4.69) is 27.8 Å². The van der Waals surface area contributed by atoms with Gasteiger partial charge in [-0.1, -0.05) is 30.3 Å². The summed E-state index contributed by atoms with van der Waals surface area (Å²) >= 11 is 0. The molecule has 0 saturated carbocycles. The third kappa shape index (κ3) is 3.42. The molecule has 3 rings (SSSR count). The molecule has 0 atom stereocenters. The fraction of sp³-hybridized carbons (Fsp3) is 0.118. The number of carbonyl (C=O) groups is 1. The largest absolute Gasteiger partial charge is 0.361 e. The van der Waals surface area contributed by atoms with Crippen molar-refractivity contribution in [3.63, 3.8) is 0 Å². The molecule has 0 aliphatic rings. The molecule has 2 aromatic carbocycles. The van der Waals surface area contributed by atoms with Crippen LogP contribution in [-0.2, 0) is 6.42 Å². The number of aromatic nitrogens is 1. The van der Waals surface area contributed by atoms with Crippen LogP contribution >= 0.6 is 0 Å². The third-order valence-electron chi connectivity index (χ3n) is 3.35. The lowest BCUT2D eigenvalue weighted by Crippen LogP contribution is -2.30. The van der Waals surface area contributed by atoms with Crippen molar-refractivity contribution in [3.05, 3.63) is 66.4 Å². The molecule has 4 heteroatoms. The van der Waals surface area contributed by atoms with Crippen LogP contribution in [0.25, 0.3) is 10.9 Å². The predicted octanol–water partition coefficient (Wildman–Crippen LogP) is 3.53. The molecule has 0 saturated heterocycles. The lowest BCUT2D eigenvalue weighted by Gasteiger charge is -2.08. The molecule has 0 bridgehead atoms. The van der Waals surface area contributed by atoms with Crippen molar-refractivity contribution in [1.29, 1.82) is 0 Å². The first-order valence-corrected chi connectivity index (χ1v) is 6.97. The first-order valence-electron chi connectivity index (χ1n) is 6.97. The average Bonchev–Trinajstić information content (AvgIpc) is 2.96. The number of nitrogens with one attached hydrogen (secondary N) is 3. The van der Waals surface area contributed by atoms with Gasteiger partial charge in [0.15, 0.2) is 0 Å². The zero-order valence-electron chi connectivity index (χ0n) is 11.6. The van der Waals surface area contributed by atoms with Crippen molar-refractivity contribution in [3.8, 4) is 0 Å². The Morgan fingerprint density at radius 1 is 1.05 bits per heavy atom. The van der Waals surface area contributed by atoms with Crippen molar-refractivity contribution in [1.82, 2.24) is 10.3 Å². The standard InChI is InChI=1S/C17H17N3O/c21-17(19-10-8-13-4-2-1-3-5-13)20-15-6-7-16-14(12-15)9-11-18-16/h1-7,9,11-12,18H,8,10H2,(H2,19,20,21). The number of H-pyrrole nitrogens is 1.